The summed E-state index contributed by atoms with van der Waals surface area (Å²) in [6.07, 6.45) is 10.5. The molecule has 2 heteroatoms. The minimum atomic E-state index is -0.249. The average Bonchev–Trinajstić information content (AvgIpc) is 2.04. The molecule has 2 nitrogen and oxygen atoms in total. The second-order valence-electron chi connectivity index (χ2n) is 2.81. The SMILES string of the molecule is C#COC(=O)C(CCC)CCC. The fraction of sp³-hybridized carbons (Fsp3) is 0.700. The molecule has 0 saturated heterocycles. The minimum absolute atomic E-state index is 0.00366. The molecule has 0 unspecified atom stereocenters. The van der Waals surface area contributed by atoms with Gasteiger partial charge in [0.15, 0.2) is 0 Å². The molecule has 0 aliphatic carbocycles. The van der Waals surface area contributed by atoms with E-state index in [0.717, 1.165) is 25.7 Å². The Morgan fingerprint density at radius 2 is 1.92 bits per heavy atom. The standard InChI is InChI=1S/C10H16O2/c1-4-7-9(8-5-2)10(11)12-6-3/h3,9H,4-5,7-8H2,1-2H3. The van der Waals surface area contributed by atoms with Gasteiger partial charge < -0.3 is 4.74 Å². The van der Waals surface area contributed by atoms with E-state index < -0.39 is 0 Å². The third-order valence-corrected chi connectivity index (χ3v) is 1.77. The number of rotatable bonds is 5. The number of hydrogen-bond donors (Lipinski definition) is 0. The number of ether oxygens (including phenoxy) is 1. The van der Waals surface area contributed by atoms with E-state index in [1.165, 1.54) is 0 Å². The lowest BCUT2D eigenvalue weighted by molar-refractivity contribution is -0.142. The van der Waals surface area contributed by atoms with Crippen molar-refractivity contribution in [2.75, 3.05) is 0 Å². The summed E-state index contributed by atoms with van der Waals surface area (Å²) in [6, 6.07) is 0. The predicted octanol–water partition coefficient (Wildman–Crippen LogP) is 2.34. The first-order chi connectivity index (χ1) is 5.76. The molecule has 0 heterocycles. The Kier molecular flexibility index (Phi) is 6.18. The van der Waals surface area contributed by atoms with Gasteiger partial charge in [0.1, 0.15) is 6.11 Å². The molecule has 68 valence electrons. The van der Waals surface area contributed by atoms with Crippen LogP contribution in [0.25, 0.3) is 0 Å². The molecule has 0 saturated carbocycles. The van der Waals surface area contributed by atoms with E-state index in [9.17, 15) is 4.79 Å². The molecule has 0 aromatic carbocycles. The Hall–Kier alpha value is -0.970. The van der Waals surface area contributed by atoms with E-state index in [1.807, 2.05) is 20.0 Å². The van der Waals surface area contributed by atoms with Crippen molar-refractivity contribution in [1.29, 1.82) is 0 Å². The highest BCUT2D eigenvalue weighted by Crippen LogP contribution is 2.14. The van der Waals surface area contributed by atoms with Gasteiger partial charge in [-0.2, -0.15) is 0 Å². The third-order valence-electron chi connectivity index (χ3n) is 1.77. The second kappa shape index (κ2) is 6.72. The molecule has 0 spiro atoms. The highest BCUT2D eigenvalue weighted by atomic mass is 16.5. The van der Waals surface area contributed by atoms with Crippen LogP contribution < -0.4 is 0 Å². The summed E-state index contributed by atoms with van der Waals surface area (Å²) < 4.78 is 4.50. The molecule has 0 aromatic heterocycles. The van der Waals surface area contributed by atoms with Gasteiger partial charge in [-0.25, -0.2) is 0 Å². The summed E-state index contributed by atoms with van der Waals surface area (Å²) in [7, 11) is 0. The van der Waals surface area contributed by atoms with Crippen LogP contribution in [0.15, 0.2) is 0 Å². The maximum absolute atomic E-state index is 11.2. The van der Waals surface area contributed by atoms with Crippen molar-refractivity contribution >= 4 is 5.97 Å². The van der Waals surface area contributed by atoms with Crippen LogP contribution in [0, 0.1) is 18.4 Å². The zero-order valence-electron chi connectivity index (χ0n) is 7.80. The monoisotopic (exact) mass is 168 g/mol. The lowest BCUT2D eigenvalue weighted by Gasteiger charge is -2.10. The molecule has 12 heavy (non-hydrogen) atoms. The molecule has 0 aliphatic heterocycles. The lowest BCUT2D eigenvalue weighted by atomic mass is 9.99. The predicted molar refractivity (Wildman–Crippen MR) is 48.2 cm³/mol. The molecule has 0 aromatic rings. The van der Waals surface area contributed by atoms with Crippen LogP contribution in [-0.2, 0) is 9.53 Å². The van der Waals surface area contributed by atoms with Crippen LogP contribution in [0.1, 0.15) is 39.5 Å². The molecule has 0 atom stereocenters. The van der Waals surface area contributed by atoms with Gasteiger partial charge in [0.05, 0.1) is 5.92 Å². The molecule has 0 bridgehead atoms. The van der Waals surface area contributed by atoms with Gasteiger partial charge in [-0.15, -0.1) is 0 Å². The number of hydrogen-bond acceptors (Lipinski definition) is 2. The molecule has 0 radical (unpaired) electrons. The van der Waals surface area contributed by atoms with Crippen molar-refractivity contribution in [2.45, 2.75) is 39.5 Å². The van der Waals surface area contributed by atoms with E-state index in [-0.39, 0.29) is 11.9 Å². The Morgan fingerprint density at radius 3 is 2.25 bits per heavy atom. The third kappa shape index (κ3) is 4.02. The maximum atomic E-state index is 11.2. The van der Waals surface area contributed by atoms with Gasteiger partial charge in [-0.1, -0.05) is 33.1 Å². The normalized spacial score (nSPS) is 9.50. The maximum Gasteiger partial charge on any atom is 0.322 e. The molecule has 0 aliphatic rings. The molecule has 0 N–H and O–H groups in total. The number of carbonyl (C=O) groups excluding carboxylic acids is 1. The number of carbonyl (C=O) groups is 1. The Bertz CT molecular complexity index is 161. The van der Waals surface area contributed by atoms with Gasteiger partial charge in [0.2, 0.25) is 0 Å². The first kappa shape index (κ1) is 11.0. The summed E-state index contributed by atoms with van der Waals surface area (Å²) in [5, 5.41) is 0. The smallest absolute Gasteiger partial charge is 0.322 e. The summed E-state index contributed by atoms with van der Waals surface area (Å²) in [5.74, 6) is -0.253. The van der Waals surface area contributed by atoms with E-state index in [2.05, 4.69) is 4.74 Å². The van der Waals surface area contributed by atoms with Gasteiger partial charge in [-0.3, -0.25) is 4.79 Å². The highest BCUT2D eigenvalue weighted by molar-refractivity contribution is 5.73. The van der Waals surface area contributed by atoms with E-state index in [0.29, 0.717) is 0 Å². The van der Waals surface area contributed by atoms with Gasteiger partial charge in [-0.05, 0) is 12.8 Å². The van der Waals surface area contributed by atoms with Crippen molar-refractivity contribution in [2.24, 2.45) is 5.92 Å². The zero-order chi connectivity index (χ0) is 9.40. The molecular formula is C10H16O2. The first-order valence-corrected chi connectivity index (χ1v) is 4.42. The topological polar surface area (TPSA) is 26.3 Å². The van der Waals surface area contributed by atoms with Crippen molar-refractivity contribution in [3.63, 3.8) is 0 Å². The Morgan fingerprint density at radius 1 is 1.42 bits per heavy atom. The highest BCUT2D eigenvalue weighted by Gasteiger charge is 2.17. The quantitative estimate of drug-likeness (QED) is 0.465. The molecule has 0 amide bonds. The lowest BCUT2D eigenvalue weighted by Crippen LogP contribution is -2.15. The summed E-state index contributed by atoms with van der Waals surface area (Å²) >= 11 is 0. The summed E-state index contributed by atoms with van der Waals surface area (Å²) in [4.78, 5) is 11.2. The minimum Gasteiger partial charge on any atom is -0.372 e. The van der Waals surface area contributed by atoms with Crippen LogP contribution in [0.3, 0.4) is 0 Å². The summed E-state index contributed by atoms with van der Waals surface area (Å²) in [5.41, 5.74) is 0. The number of esters is 1. The van der Waals surface area contributed by atoms with Crippen LogP contribution in [0.2, 0.25) is 0 Å². The van der Waals surface area contributed by atoms with Crippen molar-refractivity contribution in [1.82, 2.24) is 0 Å². The Balaban J connectivity index is 3.92. The van der Waals surface area contributed by atoms with Crippen molar-refractivity contribution in [3.05, 3.63) is 0 Å². The van der Waals surface area contributed by atoms with Gasteiger partial charge in [0.25, 0.3) is 0 Å². The fourth-order valence-corrected chi connectivity index (χ4v) is 1.22. The van der Waals surface area contributed by atoms with Crippen LogP contribution in [0.5, 0.6) is 0 Å². The largest absolute Gasteiger partial charge is 0.372 e. The van der Waals surface area contributed by atoms with Crippen LogP contribution in [-0.4, -0.2) is 5.97 Å². The van der Waals surface area contributed by atoms with Crippen LogP contribution >= 0.6 is 0 Å². The molecule has 0 rings (SSSR count). The summed E-state index contributed by atoms with van der Waals surface area (Å²) in [6.45, 7) is 4.09. The van der Waals surface area contributed by atoms with Crippen molar-refractivity contribution in [3.8, 4) is 12.5 Å². The fourth-order valence-electron chi connectivity index (χ4n) is 1.22. The zero-order valence-corrected chi connectivity index (χ0v) is 7.80. The Labute approximate surface area is 74.3 Å². The number of terminal acetylenes is 1. The second-order valence-corrected chi connectivity index (χ2v) is 2.81. The van der Waals surface area contributed by atoms with Gasteiger partial charge >= 0.3 is 5.97 Å². The van der Waals surface area contributed by atoms with E-state index in [1.54, 1.807) is 0 Å². The molecule has 0 fully saturated rings. The average molecular weight is 168 g/mol. The van der Waals surface area contributed by atoms with Crippen LogP contribution in [0.4, 0.5) is 0 Å². The van der Waals surface area contributed by atoms with E-state index >= 15 is 0 Å². The van der Waals surface area contributed by atoms with E-state index in [4.69, 9.17) is 6.42 Å². The van der Waals surface area contributed by atoms with Crippen molar-refractivity contribution < 1.29 is 9.53 Å². The van der Waals surface area contributed by atoms with Gasteiger partial charge in [0, 0.05) is 0 Å². The first-order valence-electron chi connectivity index (χ1n) is 4.42. The molecular weight excluding hydrogens is 152 g/mol.